The van der Waals surface area contributed by atoms with Gasteiger partial charge in [-0.25, -0.2) is 0 Å². The van der Waals surface area contributed by atoms with Gasteiger partial charge in [-0.2, -0.15) is 0 Å². The van der Waals surface area contributed by atoms with E-state index in [1.54, 1.807) is 13.1 Å². The Hall–Kier alpha value is -1.91. The van der Waals surface area contributed by atoms with Crippen LogP contribution < -0.4 is 0 Å². The van der Waals surface area contributed by atoms with E-state index in [1.807, 2.05) is 29.7 Å². The summed E-state index contributed by atoms with van der Waals surface area (Å²) in [5.41, 5.74) is 2.56. The van der Waals surface area contributed by atoms with E-state index in [1.165, 1.54) is 0 Å². The smallest absolute Gasteiger partial charge is 0.272 e. The lowest BCUT2D eigenvalue weighted by Crippen LogP contribution is -2.35. The minimum absolute atomic E-state index is 0.0243. The average molecular weight is 287 g/mol. The molecule has 2 amide bonds. The normalized spacial score (nSPS) is 24.3. The summed E-state index contributed by atoms with van der Waals surface area (Å²) in [4.78, 5) is 32.1. The molecule has 1 aromatic rings. The molecule has 3 heterocycles. The Balaban J connectivity index is 1.70. The maximum Gasteiger partial charge on any atom is 0.272 e. The van der Waals surface area contributed by atoms with Crippen LogP contribution in [0.4, 0.5) is 0 Å². The molecule has 2 aliphatic rings. The maximum atomic E-state index is 12.6. The summed E-state index contributed by atoms with van der Waals surface area (Å²) in [6, 6.07) is 1.99. The Morgan fingerprint density at radius 1 is 1.10 bits per heavy atom. The van der Waals surface area contributed by atoms with Crippen molar-refractivity contribution in [3.63, 3.8) is 0 Å². The van der Waals surface area contributed by atoms with E-state index in [2.05, 4.69) is 4.98 Å². The van der Waals surface area contributed by atoms with Crippen LogP contribution in [0.3, 0.4) is 0 Å². The van der Waals surface area contributed by atoms with Crippen molar-refractivity contribution in [2.24, 2.45) is 11.8 Å². The monoisotopic (exact) mass is 287 g/mol. The predicted molar refractivity (Wildman–Crippen MR) is 78.8 cm³/mol. The Morgan fingerprint density at radius 2 is 1.67 bits per heavy atom. The molecule has 0 saturated carbocycles. The maximum absolute atomic E-state index is 12.6. The standard InChI is InChI=1S/C16H21N3O2/c1-10-4-11(2)15(17-5-10)16(21)19-8-13-6-18(12(3)20)7-14(13)9-19/h4-5,13-14H,6-9H2,1-3H3/t13-,14+. The summed E-state index contributed by atoms with van der Waals surface area (Å²) in [5.74, 6) is 1.00. The fourth-order valence-electron chi connectivity index (χ4n) is 3.51. The second-order valence-corrected chi connectivity index (χ2v) is 6.33. The summed E-state index contributed by atoms with van der Waals surface area (Å²) >= 11 is 0. The molecule has 0 radical (unpaired) electrons. The lowest BCUT2D eigenvalue weighted by atomic mass is 10.0. The molecular weight excluding hydrogens is 266 g/mol. The quantitative estimate of drug-likeness (QED) is 0.781. The van der Waals surface area contributed by atoms with Gasteiger partial charge in [-0.1, -0.05) is 6.07 Å². The van der Waals surface area contributed by atoms with Crippen LogP contribution in [0.15, 0.2) is 12.3 Å². The van der Waals surface area contributed by atoms with E-state index in [-0.39, 0.29) is 11.8 Å². The van der Waals surface area contributed by atoms with Gasteiger partial charge in [0.15, 0.2) is 0 Å². The van der Waals surface area contributed by atoms with E-state index in [0.717, 1.165) is 37.3 Å². The molecule has 0 aromatic carbocycles. The Bertz CT molecular complexity index is 585. The summed E-state index contributed by atoms with van der Waals surface area (Å²) in [5, 5.41) is 0. The second kappa shape index (κ2) is 5.13. The number of rotatable bonds is 1. The third-order valence-electron chi connectivity index (χ3n) is 4.64. The summed E-state index contributed by atoms with van der Waals surface area (Å²) in [6.07, 6.45) is 1.74. The highest BCUT2D eigenvalue weighted by molar-refractivity contribution is 5.94. The van der Waals surface area contributed by atoms with Crippen molar-refractivity contribution in [1.82, 2.24) is 14.8 Å². The highest BCUT2D eigenvalue weighted by Gasteiger charge is 2.42. The first kappa shape index (κ1) is 14.0. The minimum atomic E-state index is 0.0243. The zero-order valence-corrected chi connectivity index (χ0v) is 12.8. The Morgan fingerprint density at radius 3 is 2.19 bits per heavy atom. The topological polar surface area (TPSA) is 53.5 Å². The SMILES string of the molecule is CC(=O)N1C[C@@H]2CN(C(=O)c3ncc(C)cc3C)C[C@@H]2C1. The van der Waals surface area contributed by atoms with Crippen molar-refractivity contribution in [2.45, 2.75) is 20.8 Å². The number of fused-ring (bicyclic) bond motifs is 1. The van der Waals surface area contributed by atoms with Crippen LogP contribution >= 0.6 is 0 Å². The number of pyridine rings is 1. The van der Waals surface area contributed by atoms with Gasteiger partial charge in [0, 0.05) is 51.1 Å². The van der Waals surface area contributed by atoms with Gasteiger partial charge < -0.3 is 9.80 Å². The van der Waals surface area contributed by atoms with E-state index < -0.39 is 0 Å². The number of nitrogens with zero attached hydrogens (tertiary/aromatic N) is 3. The molecule has 2 atom stereocenters. The number of likely N-dealkylation sites (tertiary alicyclic amines) is 2. The van der Waals surface area contributed by atoms with Gasteiger partial charge in [0.25, 0.3) is 5.91 Å². The van der Waals surface area contributed by atoms with Crippen molar-refractivity contribution in [1.29, 1.82) is 0 Å². The summed E-state index contributed by atoms with van der Waals surface area (Å²) in [7, 11) is 0. The zero-order valence-electron chi connectivity index (χ0n) is 12.8. The lowest BCUT2D eigenvalue weighted by molar-refractivity contribution is -0.128. The number of aromatic nitrogens is 1. The number of hydrogen-bond donors (Lipinski definition) is 0. The van der Waals surface area contributed by atoms with Crippen LogP contribution in [-0.4, -0.2) is 52.8 Å². The van der Waals surface area contributed by atoms with Gasteiger partial charge >= 0.3 is 0 Å². The largest absolute Gasteiger partial charge is 0.342 e. The number of carbonyl (C=O) groups is 2. The fourth-order valence-corrected chi connectivity index (χ4v) is 3.51. The van der Waals surface area contributed by atoms with E-state index in [0.29, 0.717) is 17.5 Å². The third-order valence-corrected chi connectivity index (χ3v) is 4.64. The van der Waals surface area contributed by atoms with Crippen LogP contribution in [0.5, 0.6) is 0 Å². The highest BCUT2D eigenvalue weighted by Crippen LogP contribution is 2.31. The molecular formula is C16H21N3O2. The molecule has 0 aliphatic carbocycles. The van der Waals surface area contributed by atoms with Crippen molar-refractivity contribution >= 4 is 11.8 Å². The minimum Gasteiger partial charge on any atom is -0.342 e. The van der Waals surface area contributed by atoms with Gasteiger partial charge in [0.2, 0.25) is 5.91 Å². The van der Waals surface area contributed by atoms with Gasteiger partial charge in [0.05, 0.1) is 0 Å². The molecule has 1 aromatic heterocycles. The molecule has 21 heavy (non-hydrogen) atoms. The van der Waals surface area contributed by atoms with Crippen LogP contribution in [0, 0.1) is 25.7 Å². The molecule has 2 saturated heterocycles. The van der Waals surface area contributed by atoms with Crippen LogP contribution in [0.2, 0.25) is 0 Å². The van der Waals surface area contributed by atoms with Gasteiger partial charge in [-0.05, 0) is 25.0 Å². The van der Waals surface area contributed by atoms with Crippen LogP contribution in [0.25, 0.3) is 0 Å². The van der Waals surface area contributed by atoms with Crippen molar-refractivity contribution in [3.8, 4) is 0 Å². The average Bonchev–Trinajstić information content (AvgIpc) is 2.95. The molecule has 0 unspecified atom stereocenters. The van der Waals surface area contributed by atoms with Crippen molar-refractivity contribution in [2.75, 3.05) is 26.2 Å². The molecule has 0 bridgehead atoms. The first-order valence-corrected chi connectivity index (χ1v) is 7.43. The van der Waals surface area contributed by atoms with E-state index in [9.17, 15) is 9.59 Å². The lowest BCUT2D eigenvalue weighted by Gasteiger charge is -2.21. The predicted octanol–water partition coefficient (Wildman–Crippen LogP) is 1.25. The number of hydrogen-bond acceptors (Lipinski definition) is 3. The first-order chi connectivity index (χ1) is 9.95. The second-order valence-electron chi connectivity index (χ2n) is 6.33. The number of carbonyl (C=O) groups excluding carboxylic acids is 2. The molecule has 5 nitrogen and oxygen atoms in total. The molecule has 0 spiro atoms. The van der Waals surface area contributed by atoms with E-state index >= 15 is 0 Å². The summed E-state index contributed by atoms with van der Waals surface area (Å²) in [6.45, 7) is 8.56. The summed E-state index contributed by atoms with van der Waals surface area (Å²) < 4.78 is 0. The Labute approximate surface area is 124 Å². The highest BCUT2D eigenvalue weighted by atomic mass is 16.2. The number of amides is 2. The molecule has 2 fully saturated rings. The van der Waals surface area contributed by atoms with Gasteiger partial charge in [0.1, 0.15) is 5.69 Å². The van der Waals surface area contributed by atoms with Gasteiger partial charge in [-0.15, -0.1) is 0 Å². The molecule has 0 N–H and O–H groups in total. The zero-order chi connectivity index (χ0) is 15.1. The van der Waals surface area contributed by atoms with Crippen molar-refractivity contribution < 1.29 is 9.59 Å². The molecule has 2 aliphatic heterocycles. The third kappa shape index (κ3) is 2.52. The van der Waals surface area contributed by atoms with Crippen LogP contribution in [-0.2, 0) is 4.79 Å². The first-order valence-electron chi connectivity index (χ1n) is 7.43. The fraction of sp³-hybridized carbons (Fsp3) is 0.562. The van der Waals surface area contributed by atoms with E-state index in [4.69, 9.17) is 0 Å². The molecule has 3 rings (SSSR count). The molecule has 112 valence electrons. The van der Waals surface area contributed by atoms with Gasteiger partial charge in [-0.3, -0.25) is 14.6 Å². The molecule has 5 heteroatoms. The van der Waals surface area contributed by atoms with Crippen LogP contribution in [0.1, 0.15) is 28.5 Å². The number of aryl methyl sites for hydroxylation is 2. The Kier molecular flexibility index (Phi) is 3.43. The van der Waals surface area contributed by atoms with Crippen molar-refractivity contribution in [3.05, 3.63) is 29.1 Å².